The number of ether oxygens (including phenoxy) is 2. The normalized spacial score (nSPS) is 11.9. The summed E-state index contributed by atoms with van der Waals surface area (Å²) in [5.74, 6) is 0.299. The number of carbonyl (C=O) groups excluding carboxylic acids is 4. The van der Waals surface area contributed by atoms with Gasteiger partial charge < -0.3 is 19.1 Å². The van der Waals surface area contributed by atoms with E-state index in [0.29, 0.717) is 18.0 Å². The van der Waals surface area contributed by atoms with E-state index in [1.165, 1.54) is 129 Å². The Hall–Kier alpha value is -1.72. The van der Waals surface area contributed by atoms with Crippen LogP contribution in [0.3, 0.4) is 0 Å². The first-order valence-electron chi connectivity index (χ1n) is 20.5. The number of rotatable bonds is 34. The summed E-state index contributed by atoms with van der Waals surface area (Å²) in [5.41, 5.74) is 0. The van der Waals surface area contributed by atoms with Gasteiger partial charge in [-0.05, 0) is 78.1 Å². The molecule has 49 heavy (non-hydrogen) atoms. The van der Waals surface area contributed by atoms with Gasteiger partial charge in [0.25, 0.3) is 0 Å². The van der Waals surface area contributed by atoms with Crippen molar-refractivity contribution in [3.8, 4) is 0 Å². The second-order valence-electron chi connectivity index (χ2n) is 14.3. The Morgan fingerprint density at radius 1 is 0.367 bits per heavy atom. The first kappa shape index (κ1) is 51.6. The van der Waals surface area contributed by atoms with E-state index in [0.717, 1.165) is 70.6 Å². The van der Waals surface area contributed by atoms with E-state index in [-0.39, 0.29) is 31.6 Å². The van der Waals surface area contributed by atoms with E-state index >= 15 is 0 Å². The number of hydrogen-bond acceptors (Lipinski definition) is 6. The first-order valence-corrected chi connectivity index (χ1v) is 20.5. The topological polar surface area (TPSA) is 86.7 Å². The molecule has 6 nitrogen and oxygen atoms in total. The maximum atomic E-state index is 11.2. The van der Waals surface area contributed by atoms with Crippen LogP contribution in [0.1, 0.15) is 242 Å². The lowest BCUT2D eigenvalue weighted by Gasteiger charge is -2.17. The molecule has 0 fully saturated rings. The summed E-state index contributed by atoms with van der Waals surface area (Å²) in [6, 6.07) is 0. The van der Waals surface area contributed by atoms with Gasteiger partial charge in [0.05, 0.1) is 0 Å². The molecule has 0 spiro atoms. The van der Waals surface area contributed by atoms with Gasteiger partial charge in [-0.25, -0.2) is 0 Å². The van der Waals surface area contributed by atoms with E-state index < -0.39 is 0 Å². The number of carbonyl (C=O) groups is 4. The highest BCUT2D eigenvalue weighted by molar-refractivity contribution is 5.75. The molecule has 0 bridgehead atoms. The lowest BCUT2D eigenvalue weighted by molar-refractivity contribution is -0.148. The van der Waals surface area contributed by atoms with Crippen LogP contribution in [0.25, 0.3) is 0 Å². The molecule has 0 aromatic heterocycles. The van der Waals surface area contributed by atoms with Crippen molar-refractivity contribution in [1.29, 1.82) is 0 Å². The highest BCUT2D eigenvalue weighted by atomic mass is 16.5. The van der Waals surface area contributed by atoms with Gasteiger partial charge >= 0.3 is 11.9 Å². The van der Waals surface area contributed by atoms with Crippen molar-refractivity contribution in [3.63, 3.8) is 0 Å². The Morgan fingerprint density at radius 2 is 0.592 bits per heavy atom. The highest BCUT2D eigenvalue weighted by Gasteiger charge is 2.12. The van der Waals surface area contributed by atoms with Crippen LogP contribution in [0.2, 0.25) is 0 Å². The number of esters is 2. The lowest BCUT2D eigenvalue weighted by Crippen LogP contribution is -2.16. The average molecular weight is 697 g/mol. The van der Waals surface area contributed by atoms with Gasteiger partial charge in [-0.2, -0.15) is 0 Å². The Balaban J connectivity index is -0.000000846. The van der Waals surface area contributed by atoms with Crippen LogP contribution < -0.4 is 0 Å². The van der Waals surface area contributed by atoms with Crippen molar-refractivity contribution in [2.75, 3.05) is 0 Å². The summed E-state index contributed by atoms with van der Waals surface area (Å²) in [6.45, 7) is 10.8. The minimum Gasteiger partial charge on any atom is -0.463 e. The second-order valence-corrected chi connectivity index (χ2v) is 14.3. The average Bonchev–Trinajstić information content (AvgIpc) is 3.02. The molecular formula is C43H84O6. The van der Waals surface area contributed by atoms with Crippen LogP contribution in [-0.4, -0.2) is 35.7 Å². The number of hydrogen-bond donors (Lipinski definition) is 0. The van der Waals surface area contributed by atoms with E-state index in [1.807, 2.05) is 0 Å². The Kier molecular flexibility index (Phi) is 42.9. The predicted octanol–water partition coefficient (Wildman–Crippen LogP) is 13.4. The van der Waals surface area contributed by atoms with Gasteiger partial charge in [0.2, 0.25) is 0 Å². The fourth-order valence-corrected chi connectivity index (χ4v) is 6.20. The minimum atomic E-state index is -0.149. The molecular weight excluding hydrogens is 612 g/mol. The quantitative estimate of drug-likeness (QED) is 0.0491. The third-order valence-corrected chi connectivity index (χ3v) is 9.03. The summed E-state index contributed by atoms with van der Waals surface area (Å²) in [5, 5.41) is 0. The van der Waals surface area contributed by atoms with Crippen LogP contribution in [0.4, 0.5) is 0 Å². The second kappa shape index (κ2) is 40.7. The molecule has 0 aliphatic heterocycles. The van der Waals surface area contributed by atoms with Crippen molar-refractivity contribution < 1.29 is 28.7 Å². The zero-order valence-corrected chi connectivity index (χ0v) is 32.8. The highest BCUT2D eigenvalue weighted by Crippen LogP contribution is 2.18. The SMILES string of the molecule is C.CCCCCCCCC(CCCCCCCCC(C)=O)OC(C)=O.CCCCCCCCCC(CCCCCCCC(C)=O)OC(C)=O. The van der Waals surface area contributed by atoms with Gasteiger partial charge in [0, 0.05) is 26.7 Å². The van der Waals surface area contributed by atoms with E-state index in [1.54, 1.807) is 13.8 Å². The number of unbranched alkanes of at least 4 members (excludes halogenated alkanes) is 20. The molecule has 2 atom stereocenters. The smallest absolute Gasteiger partial charge is 0.302 e. The van der Waals surface area contributed by atoms with Gasteiger partial charge in [0.15, 0.2) is 0 Å². The van der Waals surface area contributed by atoms with Crippen LogP contribution in [0, 0.1) is 0 Å². The minimum absolute atomic E-state index is 0. The molecule has 0 aromatic rings. The van der Waals surface area contributed by atoms with Crippen molar-refractivity contribution in [2.24, 2.45) is 0 Å². The van der Waals surface area contributed by atoms with Gasteiger partial charge in [-0.3, -0.25) is 9.59 Å². The fourth-order valence-electron chi connectivity index (χ4n) is 6.20. The summed E-state index contributed by atoms with van der Waals surface area (Å²) < 4.78 is 10.9. The van der Waals surface area contributed by atoms with Crippen molar-refractivity contribution in [3.05, 3.63) is 0 Å². The van der Waals surface area contributed by atoms with Crippen LogP contribution in [0.15, 0.2) is 0 Å². The lowest BCUT2D eigenvalue weighted by atomic mass is 10.0. The summed E-state index contributed by atoms with van der Waals surface area (Å²) in [7, 11) is 0. The molecule has 0 saturated heterocycles. The third-order valence-electron chi connectivity index (χ3n) is 9.03. The molecule has 0 aromatic carbocycles. The molecule has 6 heteroatoms. The zero-order valence-electron chi connectivity index (χ0n) is 32.8. The van der Waals surface area contributed by atoms with Gasteiger partial charge in [-0.1, -0.05) is 137 Å². The zero-order chi connectivity index (χ0) is 36.1. The van der Waals surface area contributed by atoms with E-state index in [2.05, 4.69) is 13.8 Å². The summed E-state index contributed by atoms with van der Waals surface area (Å²) in [4.78, 5) is 44.2. The van der Waals surface area contributed by atoms with E-state index in [4.69, 9.17) is 9.47 Å². The van der Waals surface area contributed by atoms with Crippen LogP contribution in [-0.2, 0) is 28.7 Å². The first-order chi connectivity index (χ1) is 23.1. The fraction of sp³-hybridized carbons (Fsp3) is 0.907. The maximum absolute atomic E-state index is 11.2. The number of Topliss-reactive ketones (excluding diaryl/α,β-unsaturated/α-hetero) is 2. The molecule has 0 N–H and O–H groups in total. The van der Waals surface area contributed by atoms with E-state index in [9.17, 15) is 19.2 Å². The molecule has 292 valence electrons. The van der Waals surface area contributed by atoms with Crippen molar-refractivity contribution in [1.82, 2.24) is 0 Å². The molecule has 0 heterocycles. The Labute approximate surface area is 305 Å². The summed E-state index contributed by atoms with van der Waals surface area (Å²) in [6.07, 6.45) is 35.0. The van der Waals surface area contributed by atoms with Gasteiger partial charge in [-0.15, -0.1) is 0 Å². The standard InChI is InChI=1S/2C21H40O3.CH4/c1-4-5-6-7-11-14-17-21(24-20(3)23)18-15-12-9-8-10-13-16-19(2)22;1-4-5-6-7-8-11-14-17-21(24-20(3)23)18-15-12-9-10-13-16-19(2)22;/h2*21H,4-18H2,1-3H3;1H4. The molecule has 0 saturated carbocycles. The predicted molar refractivity (Wildman–Crippen MR) is 209 cm³/mol. The Morgan fingerprint density at radius 3 is 0.816 bits per heavy atom. The molecule has 0 radical (unpaired) electrons. The molecule has 0 aliphatic carbocycles. The molecule has 0 amide bonds. The largest absolute Gasteiger partial charge is 0.463 e. The van der Waals surface area contributed by atoms with Crippen molar-refractivity contribution >= 4 is 23.5 Å². The number of ketones is 2. The van der Waals surface area contributed by atoms with Gasteiger partial charge in [0.1, 0.15) is 23.8 Å². The van der Waals surface area contributed by atoms with Crippen molar-refractivity contribution in [2.45, 2.75) is 254 Å². The molecule has 0 aliphatic rings. The monoisotopic (exact) mass is 697 g/mol. The molecule has 0 rings (SSSR count). The van der Waals surface area contributed by atoms with Crippen LogP contribution in [0.5, 0.6) is 0 Å². The molecule has 2 unspecified atom stereocenters. The summed E-state index contributed by atoms with van der Waals surface area (Å²) >= 11 is 0. The maximum Gasteiger partial charge on any atom is 0.302 e. The third kappa shape index (κ3) is 46.3. The van der Waals surface area contributed by atoms with Crippen LogP contribution >= 0.6 is 0 Å². The Bertz CT molecular complexity index is 749.